The van der Waals surface area contributed by atoms with Gasteiger partial charge in [0.15, 0.2) is 0 Å². The van der Waals surface area contributed by atoms with Gasteiger partial charge in [-0.05, 0) is 19.5 Å². The Morgan fingerprint density at radius 3 is 2.78 bits per heavy atom. The maximum atomic E-state index is 6.57. The topological polar surface area (TPSA) is 48.2 Å². The molecule has 0 saturated heterocycles. The summed E-state index contributed by atoms with van der Waals surface area (Å²) in [6.07, 6.45) is 1.98. The molecule has 0 aliphatic rings. The molecule has 0 amide bonds. The second kappa shape index (κ2) is 5.44. The number of likely N-dealkylation sites (N-methyl/N-ethyl adjacent to an activating group) is 1. The molecule has 0 saturated carbocycles. The smallest absolute Gasteiger partial charge is 0.0818 e. The summed E-state index contributed by atoms with van der Waals surface area (Å²) in [5, 5.41) is 6.26. The van der Waals surface area contributed by atoms with Crippen LogP contribution in [0.25, 0.3) is 0 Å². The summed E-state index contributed by atoms with van der Waals surface area (Å²) in [4.78, 5) is 0. The molecule has 0 aromatic carbocycles. The van der Waals surface area contributed by atoms with E-state index in [2.05, 4.69) is 10.4 Å². The standard InChI is InChI=1S/C6H13N3/c1-3-6(4-8-2)5-9-7/h3,7-8H,4-5H2,1-2H3/b6-3-,9-7?. The molecular weight excluding hydrogens is 114 g/mol. The van der Waals surface area contributed by atoms with Gasteiger partial charge in [0.05, 0.1) is 6.54 Å². The van der Waals surface area contributed by atoms with E-state index in [4.69, 9.17) is 5.53 Å². The van der Waals surface area contributed by atoms with Crippen molar-refractivity contribution in [3.63, 3.8) is 0 Å². The molecular formula is C6H13N3. The van der Waals surface area contributed by atoms with Crippen molar-refractivity contribution >= 4 is 0 Å². The predicted molar refractivity (Wildman–Crippen MR) is 37.7 cm³/mol. The van der Waals surface area contributed by atoms with Crippen LogP contribution in [-0.2, 0) is 0 Å². The molecule has 0 radical (unpaired) electrons. The van der Waals surface area contributed by atoms with E-state index in [1.54, 1.807) is 0 Å². The summed E-state index contributed by atoms with van der Waals surface area (Å²) >= 11 is 0. The minimum atomic E-state index is 0.525. The third kappa shape index (κ3) is 3.85. The SMILES string of the molecule is C/C=C(\CN=N)CNC. The van der Waals surface area contributed by atoms with Crippen molar-refractivity contribution in [2.75, 3.05) is 20.1 Å². The van der Waals surface area contributed by atoms with Gasteiger partial charge >= 0.3 is 0 Å². The van der Waals surface area contributed by atoms with Crippen LogP contribution in [0.5, 0.6) is 0 Å². The molecule has 0 aromatic heterocycles. The van der Waals surface area contributed by atoms with Crippen LogP contribution in [0.4, 0.5) is 0 Å². The van der Waals surface area contributed by atoms with Crippen molar-refractivity contribution in [1.29, 1.82) is 5.53 Å². The Morgan fingerprint density at radius 1 is 1.78 bits per heavy atom. The molecule has 3 nitrogen and oxygen atoms in total. The first-order chi connectivity index (χ1) is 4.35. The Hall–Kier alpha value is -0.700. The van der Waals surface area contributed by atoms with Gasteiger partial charge in [0.25, 0.3) is 0 Å². The lowest BCUT2D eigenvalue weighted by Crippen LogP contribution is -2.11. The Kier molecular flexibility index (Phi) is 5.01. The molecule has 0 aromatic rings. The molecule has 0 unspecified atom stereocenters. The first-order valence-corrected chi connectivity index (χ1v) is 2.97. The second-order valence-corrected chi connectivity index (χ2v) is 1.79. The fraction of sp³-hybridized carbons (Fsp3) is 0.667. The molecule has 52 valence electrons. The summed E-state index contributed by atoms with van der Waals surface area (Å²) in [5.74, 6) is 0. The van der Waals surface area contributed by atoms with E-state index >= 15 is 0 Å². The van der Waals surface area contributed by atoms with Gasteiger partial charge in [-0.2, -0.15) is 5.11 Å². The summed E-state index contributed by atoms with van der Waals surface area (Å²) < 4.78 is 0. The van der Waals surface area contributed by atoms with E-state index in [0.29, 0.717) is 6.54 Å². The number of hydrogen-bond acceptors (Lipinski definition) is 3. The van der Waals surface area contributed by atoms with E-state index in [9.17, 15) is 0 Å². The summed E-state index contributed by atoms with van der Waals surface area (Å²) in [6, 6.07) is 0. The monoisotopic (exact) mass is 127 g/mol. The fourth-order valence-corrected chi connectivity index (χ4v) is 0.578. The van der Waals surface area contributed by atoms with Crippen molar-refractivity contribution < 1.29 is 0 Å². The predicted octanol–water partition coefficient (Wildman–Crippen LogP) is 1.18. The van der Waals surface area contributed by atoms with Crippen molar-refractivity contribution in [2.45, 2.75) is 6.92 Å². The van der Waals surface area contributed by atoms with E-state index in [1.165, 1.54) is 0 Å². The molecule has 0 heterocycles. The zero-order valence-corrected chi connectivity index (χ0v) is 5.94. The molecule has 0 fully saturated rings. The zero-order chi connectivity index (χ0) is 7.11. The highest BCUT2D eigenvalue weighted by Crippen LogP contribution is 1.90. The first kappa shape index (κ1) is 8.30. The number of rotatable bonds is 4. The lowest BCUT2D eigenvalue weighted by molar-refractivity contribution is 0.832. The molecule has 2 N–H and O–H groups in total. The highest BCUT2D eigenvalue weighted by molar-refractivity contribution is 5.03. The van der Waals surface area contributed by atoms with Gasteiger partial charge in [-0.3, -0.25) is 0 Å². The average Bonchev–Trinajstić information content (AvgIpc) is 1.88. The molecule has 9 heavy (non-hydrogen) atoms. The van der Waals surface area contributed by atoms with Crippen LogP contribution in [0.1, 0.15) is 6.92 Å². The Bertz CT molecular complexity index is 107. The highest BCUT2D eigenvalue weighted by Gasteiger charge is 1.89. The maximum absolute atomic E-state index is 6.57. The molecule has 3 heteroatoms. The van der Waals surface area contributed by atoms with Gasteiger partial charge in [-0.25, -0.2) is 5.53 Å². The Balaban J connectivity index is 3.55. The Morgan fingerprint density at radius 2 is 2.44 bits per heavy atom. The van der Waals surface area contributed by atoms with Gasteiger partial charge in [-0.15, -0.1) is 0 Å². The van der Waals surface area contributed by atoms with Crippen molar-refractivity contribution in [3.8, 4) is 0 Å². The zero-order valence-electron chi connectivity index (χ0n) is 5.94. The number of hydrogen-bond donors (Lipinski definition) is 2. The van der Waals surface area contributed by atoms with Crippen LogP contribution < -0.4 is 5.32 Å². The van der Waals surface area contributed by atoms with Crippen molar-refractivity contribution in [1.82, 2.24) is 5.32 Å². The van der Waals surface area contributed by atoms with Crippen molar-refractivity contribution in [2.24, 2.45) is 5.11 Å². The highest BCUT2D eigenvalue weighted by atomic mass is 15.0. The summed E-state index contributed by atoms with van der Waals surface area (Å²) in [6.45, 7) is 3.31. The molecule has 0 atom stereocenters. The van der Waals surface area contributed by atoms with E-state index in [1.807, 2.05) is 20.0 Å². The minimum absolute atomic E-state index is 0.525. The third-order valence-corrected chi connectivity index (χ3v) is 1.09. The van der Waals surface area contributed by atoms with Crippen LogP contribution in [0.3, 0.4) is 0 Å². The molecule has 0 aliphatic heterocycles. The number of allylic oxidation sites excluding steroid dienone is 1. The molecule has 0 rings (SSSR count). The maximum Gasteiger partial charge on any atom is 0.0818 e. The van der Waals surface area contributed by atoms with E-state index in [0.717, 1.165) is 12.1 Å². The van der Waals surface area contributed by atoms with Crippen LogP contribution in [0.2, 0.25) is 0 Å². The molecule has 0 spiro atoms. The van der Waals surface area contributed by atoms with Gasteiger partial charge in [0.1, 0.15) is 0 Å². The minimum Gasteiger partial charge on any atom is -0.316 e. The largest absolute Gasteiger partial charge is 0.316 e. The molecule has 0 bridgehead atoms. The quantitative estimate of drug-likeness (QED) is 0.432. The lowest BCUT2D eigenvalue weighted by atomic mass is 10.2. The molecule has 0 aliphatic carbocycles. The van der Waals surface area contributed by atoms with Crippen LogP contribution in [-0.4, -0.2) is 20.1 Å². The summed E-state index contributed by atoms with van der Waals surface area (Å²) in [5.41, 5.74) is 7.73. The average molecular weight is 127 g/mol. The van der Waals surface area contributed by atoms with Gasteiger partial charge in [-0.1, -0.05) is 6.08 Å². The normalized spacial score (nSPS) is 11.6. The lowest BCUT2D eigenvalue weighted by Gasteiger charge is -1.98. The van der Waals surface area contributed by atoms with Crippen LogP contribution in [0, 0.1) is 5.53 Å². The second-order valence-electron chi connectivity index (χ2n) is 1.79. The van der Waals surface area contributed by atoms with Crippen LogP contribution >= 0.6 is 0 Å². The number of nitrogens with one attached hydrogen (secondary N) is 2. The van der Waals surface area contributed by atoms with E-state index < -0.39 is 0 Å². The summed E-state index contributed by atoms with van der Waals surface area (Å²) in [7, 11) is 1.88. The fourth-order valence-electron chi connectivity index (χ4n) is 0.578. The van der Waals surface area contributed by atoms with Gasteiger partial charge < -0.3 is 5.32 Å². The van der Waals surface area contributed by atoms with Gasteiger partial charge in [0, 0.05) is 6.54 Å². The van der Waals surface area contributed by atoms with Gasteiger partial charge in [0.2, 0.25) is 0 Å². The Labute approximate surface area is 55.7 Å². The van der Waals surface area contributed by atoms with Crippen molar-refractivity contribution in [3.05, 3.63) is 11.6 Å². The van der Waals surface area contributed by atoms with Crippen LogP contribution in [0.15, 0.2) is 16.8 Å². The third-order valence-electron chi connectivity index (χ3n) is 1.09. The first-order valence-electron chi connectivity index (χ1n) is 2.97. The number of nitrogens with zero attached hydrogens (tertiary/aromatic N) is 1. The van der Waals surface area contributed by atoms with E-state index in [-0.39, 0.29) is 0 Å².